The molecule has 0 heterocycles. The number of carboxylic acid groups (broad SMARTS) is 2. The normalized spacial score (nSPS) is 10.8. The maximum atomic E-state index is 12.7. The molecule has 0 aliphatic carbocycles. The van der Waals surface area contributed by atoms with Crippen molar-refractivity contribution in [3.63, 3.8) is 0 Å². The van der Waals surface area contributed by atoms with Crippen molar-refractivity contribution in [3.8, 4) is 11.5 Å². The highest BCUT2D eigenvalue weighted by Crippen LogP contribution is 2.31. The molecule has 0 aromatic heterocycles. The maximum absolute atomic E-state index is 12.7. The molecule has 55 heavy (non-hydrogen) atoms. The molecule has 0 bridgehead atoms. The number of nitrogens with zero attached hydrogens (tertiary/aromatic N) is 2. The molecule has 0 spiro atoms. The first-order valence-electron chi connectivity index (χ1n) is 19.6. The van der Waals surface area contributed by atoms with Gasteiger partial charge in [-0.25, -0.2) is 0 Å². The van der Waals surface area contributed by atoms with Gasteiger partial charge in [-0.1, -0.05) is 102 Å². The third kappa shape index (κ3) is 21.8. The van der Waals surface area contributed by atoms with Crippen LogP contribution in [0.5, 0.6) is 11.5 Å². The minimum absolute atomic E-state index is 0.0469. The highest BCUT2D eigenvalue weighted by atomic mass is 16.7. The Balaban J connectivity index is 1.92. The summed E-state index contributed by atoms with van der Waals surface area (Å²) >= 11 is 0. The molecule has 2 N–H and O–H groups in total. The van der Waals surface area contributed by atoms with E-state index in [2.05, 4.69) is 13.8 Å². The minimum atomic E-state index is -1.16. The van der Waals surface area contributed by atoms with Gasteiger partial charge in [0.25, 0.3) is 0 Å². The molecule has 308 valence electrons. The van der Waals surface area contributed by atoms with Crippen LogP contribution in [0.25, 0.3) is 0 Å². The quantitative estimate of drug-likeness (QED) is 0.0436. The monoisotopic (exact) mass is 774 g/mol. The summed E-state index contributed by atoms with van der Waals surface area (Å²) in [7, 11) is 0. The van der Waals surface area contributed by atoms with Gasteiger partial charge in [-0.2, -0.15) is 0 Å². The fraction of sp³-hybridized carbons (Fsp3) is 0.610. The van der Waals surface area contributed by atoms with Gasteiger partial charge < -0.3 is 48.4 Å². The number of unbranched alkanes of at least 4 members (excludes halogenated alkanes) is 10. The highest BCUT2D eigenvalue weighted by molar-refractivity contribution is 5.82. The van der Waals surface area contributed by atoms with Gasteiger partial charge in [0, 0.05) is 13.2 Å². The van der Waals surface area contributed by atoms with E-state index in [0.29, 0.717) is 24.6 Å². The van der Waals surface area contributed by atoms with E-state index in [1.165, 1.54) is 61.2 Å². The maximum Gasteiger partial charge on any atom is 0.325 e. The lowest BCUT2D eigenvalue weighted by Gasteiger charge is -2.25. The van der Waals surface area contributed by atoms with Crippen LogP contribution < -0.4 is 19.3 Å². The fourth-order valence-electron chi connectivity index (χ4n) is 5.62. The second-order valence-corrected chi connectivity index (χ2v) is 13.0. The predicted molar refractivity (Wildman–Crippen MR) is 209 cm³/mol. The molecule has 2 rings (SSSR count). The van der Waals surface area contributed by atoms with Gasteiger partial charge in [0.1, 0.15) is 50.9 Å². The van der Waals surface area contributed by atoms with E-state index in [0.717, 1.165) is 25.7 Å². The van der Waals surface area contributed by atoms with Gasteiger partial charge in [0.05, 0.1) is 24.6 Å². The molecule has 0 atom stereocenters. The molecule has 0 saturated carbocycles. The average Bonchev–Trinajstić information content (AvgIpc) is 3.16. The Bertz CT molecular complexity index is 1270. The first-order chi connectivity index (χ1) is 26.7. The third-order valence-corrected chi connectivity index (χ3v) is 8.40. The fourth-order valence-corrected chi connectivity index (χ4v) is 5.62. The Morgan fingerprint density at radius 2 is 0.873 bits per heavy atom. The second kappa shape index (κ2) is 29.8. The average molecular weight is 775 g/mol. The Morgan fingerprint density at radius 3 is 1.27 bits per heavy atom. The number of carbonyl (C=O) groups excluding carboxylic acids is 2. The molecule has 0 aliphatic heterocycles. The van der Waals surface area contributed by atoms with Gasteiger partial charge in [-0.05, 0) is 37.1 Å². The molecule has 2 aromatic rings. The molecule has 0 unspecified atom stereocenters. The zero-order chi connectivity index (χ0) is 39.9. The number of benzene rings is 2. The highest BCUT2D eigenvalue weighted by Gasteiger charge is 2.21. The van der Waals surface area contributed by atoms with Crippen LogP contribution in [-0.2, 0) is 38.1 Å². The number of carboxylic acids is 2. The van der Waals surface area contributed by atoms with E-state index in [4.69, 9.17) is 28.4 Å². The van der Waals surface area contributed by atoms with Gasteiger partial charge >= 0.3 is 23.9 Å². The van der Waals surface area contributed by atoms with Crippen molar-refractivity contribution in [2.75, 3.05) is 82.4 Å². The van der Waals surface area contributed by atoms with E-state index in [1.807, 2.05) is 0 Å². The number of ether oxygens (including phenoxy) is 6. The molecular formula is C41H62N2O12. The summed E-state index contributed by atoms with van der Waals surface area (Å²) in [5.74, 6) is -3.09. The lowest BCUT2D eigenvalue weighted by Crippen LogP contribution is -2.36. The Kier molecular flexibility index (Phi) is 25.2. The summed E-state index contributed by atoms with van der Waals surface area (Å²) in [6.07, 6.45) is 13.7. The summed E-state index contributed by atoms with van der Waals surface area (Å²) in [4.78, 5) is 51.5. The lowest BCUT2D eigenvalue weighted by molar-refractivity contribution is -0.144. The van der Waals surface area contributed by atoms with Crippen LogP contribution in [0.2, 0.25) is 0 Å². The van der Waals surface area contributed by atoms with E-state index in [-0.39, 0.29) is 57.8 Å². The molecule has 0 radical (unpaired) electrons. The van der Waals surface area contributed by atoms with Gasteiger partial charge in [0.2, 0.25) is 6.79 Å². The molecule has 0 amide bonds. The van der Waals surface area contributed by atoms with Crippen molar-refractivity contribution in [1.82, 2.24) is 0 Å². The van der Waals surface area contributed by atoms with Crippen molar-refractivity contribution in [1.29, 1.82) is 0 Å². The molecule has 2 aromatic carbocycles. The Labute approximate surface area is 326 Å². The Morgan fingerprint density at radius 1 is 0.491 bits per heavy atom. The first-order valence-corrected chi connectivity index (χ1v) is 19.6. The number of aliphatic carboxylic acids is 2. The van der Waals surface area contributed by atoms with E-state index < -0.39 is 37.0 Å². The van der Waals surface area contributed by atoms with Crippen LogP contribution in [0.1, 0.15) is 90.9 Å². The molecule has 0 fully saturated rings. The van der Waals surface area contributed by atoms with Gasteiger partial charge in [-0.15, -0.1) is 0 Å². The van der Waals surface area contributed by atoms with Crippen LogP contribution in [0.3, 0.4) is 0 Å². The van der Waals surface area contributed by atoms with Crippen LogP contribution >= 0.6 is 0 Å². The summed E-state index contributed by atoms with van der Waals surface area (Å²) in [5, 5.41) is 19.2. The van der Waals surface area contributed by atoms with Crippen molar-refractivity contribution in [3.05, 3.63) is 48.5 Å². The number of hydrogen-bond donors (Lipinski definition) is 2. The summed E-state index contributed by atoms with van der Waals surface area (Å²) in [5.41, 5.74) is 0.647. The number of anilines is 2. The molecule has 0 aliphatic rings. The van der Waals surface area contributed by atoms with Crippen molar-refractivity contribution in [2.24, 2.45) is 0 Å². The standard InChI is InChI=1S/C41H62N2O12/c1-3-5-7-9-11-17-23-50-25-27-52-40(48)31-42(29-38(44)45)34-19-13-15-21-36(34)54-33-55-37-22-16-14-20-35(37)43(30-39(46)47)32-41(49)53-28-26-51-24-18-12-10-8-6-4-2/h13-16,19-22H,3-12,17-18,23-33H2,1-2H3,(H,44,45)(H,46,47). The van der Waals surface area contributed by atoms with E-state index in [9.17, 15) is 29.4 Å². The van der Waals surface area contributed by atoms with Crippen LogP contribution in [-0.4, -0.2) is 107 Å². The lowest BCUT2D eigenvalue weighted by atomic mass is 10.1. The van der Waals surface area contributed by atoms with Crippen molar-refractivity contribution in [2.45, 2.75) is 90.9 Å². The zero-order valence-corrected chi connectivity index (χ0v) is 32.8. The van der Waals surface area contributed by atoms with E-state index in [1.54, 1.807) is 48.5 Å². The summed E-state index contributed by atoms with van der Waals surface area (Å²) < 4.78 is 33.6. The number of hydrogen-bond acceptors (Lipinski definition) is 12. The topological polar surface area (TPSA) is 171 Å². The number of para-hydroxylation sites is 4. The van der Waals surface area contributed by atoms with Gasteiger partial charge in [0.15, 0.2) is 0 Å². The van der Waals surface area contributed by atoms with Crippen LogP contribution in [0.15, 0.2) is 48.5 Å². The summed E-state index contributed by atoms with van der Waals surface area (Å²) in [6, 6.07) is 13.2. The third-order valence-electron chi connectivity index (χ3n) is 8.40. The molecule has 0 saturated heterocycles. The van der Waals surface area contributed by atoms with Crippen molar-refractivity contribution >= 4 is 35.3 Å². The Hall–Kier alpha value is -4.56. The second-order valence-electron chi connectivity index (χ2n) is 13.0. The van der Waals surface area contributed by atoms with Crippen LogP contribution in [0.4, 0.5) is 11.4 Å². The predicted octanol–water partition coefficient (Wildman–Crippen LogP) is 6.72. The summed E-state index contributed by atoms with van der Waals surface area (Å²) in [6.45, 7) is 4.06. The SMILES string of the molecule is CCCCCCCCOCCOC(=O)CN(CC(=O)O)c1ccccc1OCOc1ccccc1N(CC(=O)O)CC(=O)OCCOCCCCCCCC. The molecule has 14 nitrogen and oxygen atoms in total. The largest absolute Gasteiger partial charge is 0.480 e. The van der Waals surface area contributed by atoms with Crippen molar-refractivity contribution < 1.29 is 57.8 Å². The molecular weight excluding hydrogens is 712 g/mol. The van der Waals surface area contributed by atoms with E-state index >= 15 is 0 Å². The smallest absolute Gasteiger partial charge is 0.325 e. The number of esters is 2. The zero-order valence-electron chi connectivity index (χ0n) is 32.8. The van der Waals surface area contributed by atoms with Gasteiger partial charge in [-0.3, -0.25) is 19.2 Å². The number of carbonyl (C=O) groups is 4. The molecule has 14 heteroatoms. The minimum Gasteiger partial charge on any atom is -0.480 e. The van der Waals surface area contributed by atoms with Crippen LogP contribution in [0, 0.1) is 0 Å². The number of rotatable bonds is 34. The first kappa shape index (κ1) is 46.6.